The van der Waals surface area contributed by atoms with Crippen LogP contribution in [-0.2, 0) is 4.43 Å². The van der Waals surface area contributed by atoms with Crippen LogP contribution in [0, 0.1) is 0 Å². The Bertz CT molecular complexity index is 499. The zero-order valence-electron chi connectivity index (χ0n) is 11.9. The van der Waals surface area contributed by atoms with Crippen LogP contribution in [0.5, 0.6) is 5.75 Å². The quantitative estimate of drug-likeness (QED) is 0.772. The van der Waals surface area contributed by atoms with Gasteiger partial charge in [-0.1, -0.05) is 44.2 Å². The molecule has 0 fully saturated rings. The third-order valence-electron chi connectivity index (χ3n) is 4.33. The van der Waals surface area contributed by atoms with Crippen LogP contribution in [0.4, 0.5) is 0 Å². The highest BCUT2D eigenvalue weighted by Gasteiger charge is 2.48. The fourth-order valence-electron chi connectivity index (χ4n) is 2.51. The molecule has 1 atom stereocenters. The monoisotopic (exact) mass is 262 g/mol. The summed E-state index contributed by atoms with van der Waals surface area (Å²) < 4.78 is 6.19. The van der Waals surface area contributed by atoms with E-state index in [-0.39, 0.29) is 5.04 Å². The molecule has 2 rings (SSSR count). The van der Waals surface area contributed by atoms with Crippen LogP contribution in [0.1, 0.15) is 33.3 Å². The number of phenolic OH excluding ortho intramolecular Hbond substituents is 1. The molecule has 1 unspecified atom stereocenters. The first kappa shape index (κ1) is 13.4. The predicted octanol–water partition coefficient (Wildman–Crippen LogP) is 4.11. The molecular weight excluding hydrogens is 240 g/mol. The highest BCUT2D eigenvalue weighted by molar-refractivity contribution is 6.84. The van der Waals surface area contributed by atoms with Gasteiger partial charge in [0.05, 0.1) is 6.61 Å². The number of para-hydroxylation sites is 1. The van der Waals surface area contributed by atoms with E-state index in [9.17, 15) is 5.11 Å². The topological polar surface area (TPSA) is 29.5 Å². The van der Waals surface area contributed by atoms with Crippen LogP contribution in [0.3, 0.4) is 0 Å². The molecule has 1 heterocycles. The minimum absolute atomic E-state index is 0.170. The summed E-state index contributed by atoms with van der Waals surface area (Å²) in [6, 6.07) is 7.53. The molecule has 0 bridgehead atoms. The van der Waals surface area contributed by atoms with Crippen molar-refractivity contribution in [3.8, 4) is 5.75 Å². The van der Waals surface area contributed by atoms with E-state index in [0.29, 0.717) is 12.4 Å². The van der Waals surface area contributed by atoms with Crippen LogP contribution in [0.15, 0.2) is 29.5 Å². The summed E-state index contributed by atoms with van der Waals surface area (Å²) >= 11 is 0. The molecule has 3 heteroatoms. The number of hydrogen-bond donors (Lipinski definition) is 1. The van der Waals surface area contributed by atoms with Crippen molar-refractivity contribution in [1.82, 2.24) is 0 Å². The number of allylic oxidation sites excluding steroid dienone is 1. The Labute approximate surface area is 110 Å². The van der Waals surface area contributed by atoms with Gasteiger partial charge in [-0.05, 0) is 30.1 Å². The molecule has 0 saturated heterocycles. The van der Waals surface area contributed by atoms with Gasteiger partial charge in [0, 0.05) is 5.56 Å². The molecule has 0 spiro atoms. The van der Waals surface area contributed by atoms with Gasteiger partial charge in [0.1, 0.15) is 5.75 Å². The van der Waals surface area contributed by atoms with E-state index in [1.165, 1.54) is 10.8 Å². The maximum Gasteiger partial charge on any atom is 0.223 e. The summed E-state index contributed by atoms with van der Waals surface area (Å²) in [6.07, 6.45) is 0. The number of benzene rings is 1. The normalized spacial score (nSPS) is 24.7. The SMILES string of the molecule is CC1=C(c2ccccc2O)CO[Si]1(C)C(C)(C)C. The Kier molecular flexibility index (Phi) is 3.15. The Morgan fingerprint density at radius 1 is 1.22 bits per heavy atom. The van der Waals surface area contributed by atoms with E-state index in [4.69, 9.17) is 4.43 Å². The molecule has 1 aliphatic rings. The molecule has 1 aromatic rings. The van der Waals surface area contributed by atoms with Gasteiger partial charge in [-0.25, -0.2) is 0 Å². The van der Waals surface area contributed by atoms with E-state index < -0.39 is 8.32 Å². The van der Waals surface area contributed by atoms with Gasteiger partial charge in [-0.3, -0.25) is 0 Å². The van der Waals surface area contributed by atoms with E-state index in [1.807, 2.05) is 18.2 Å². The van der Waals surface area contributed by atoms with Crippen molar-refractivity contribution in [1.29, 1.82) is 0 Å². The molecule has 2 nitrogen and oxygen atoms in total. The van der Waals surface area contributed by atoms with Crippen molar-refractivity contribution in [2.75, 3.05) is 6.61 Å². The summed E-state index contributed by atoms with van der Waals surface area (Å²) in [7, 11) is -1.89. The minimum Gasteiger partial charge on any atom is -0.507 e. The third-order valence-corrected chi connectivity index (χ3v) is 9.65. The third kappa shape index (κ3) is 1.91. The second-order valence-electron chi connectivity index (χ2n) is 6.19. The predicted molar refractivity (Wildman–Crippen MR) is 78.0 cm³/mol. The first-order valence-electron chi connectivity index (χ1n) is 6.40. The van der Waals surface area contributed by atoms with Gasteiger partial charge in [-0.15, -0.1) is 0 Å². The zero-order valence-corrected chi connectivity index (χ0v) is 12.9. The van der Waals surface area contributed by atoms with Crippen LogP contribution in [-0.4, -0.2) is 20.0 Å². The lowest BCUT2D eigenvalue weighted by Crippen LogP contribution is -2.42. The van der Waals surface area contributed by atoms with E-state index in [1.54, 1.807) is 6.07 Å². The standard InChI is InChI=1S/C15H22O2Si/c1-11-13(12-8-6-7-9-14(12)16)10-17-18(11,5)15(2,3)4/h6-9,16H,10H2,1-5H3. The minimum atomic E-state index is -1.89. The summed E-state index contributed by atoms with van der Waals surface area (Å²) in [5.41, 5.74) is 2.10. The van der Waals surface area contributed by atoms with Crippen LogP contribution < -0.4 is 0 Å². The summed E-state index contributed by atoms with van der Waals surface area (Å²) in [5, 5.41) is 11.5. The lowest BCUT2D eigenvalue weighted by Gasteiger charge is -2.36. The molecule has 18 heavy (non-hydrogen) atoms. The number of aromatic hydroxyl groups is 1. The van der Waals surface area contributed by atoms with E-state index in [0.717, 1.165) is 5.56 Å². The van der Waals surface area contributed by atoms with Crippen LogP contribution in [0.2, 0.25) is 11.6 Å². The molecule has 1 aliphatic heterocycles. The Hall–Kier alpha value is -1.06. The fourth-order valence-corrected chi connectivity index (χ4v) is 5.50. The molecular formula is C15H22O2Si. The smallest absolute Gasteiger partial charge is 0.223 e. The van der Waals surface area contributed by atoms with Gasteiger partial charge in [0.25, 0.3) is 0 Å². The molecule has 0 radical (unpaired) electrons. The van der Waals surface area contributed by atoms with Crippen LogP contribution >= 0.6 is 0 Å². The van der Waals surface area contributed by atoms with E-state index >= 15 is 0 Å². The first-order valence-corrected chi connectivity index (χ1v) is 8.81. The average Bonchev–Trinajstić information content (AvgIpc) is 2.58. The Morgan fingerprint density at radius 3 is 2.33 bits per heavy atom. The molecule has 0 saturated carbocycles. The lowest BCUT2D eigenvalue weighted by atomic mass is 10.1. The van der Waals surface area contributed by atoms with Gasteiger partial charge < -0.3 is 9.53 Å². The van der Waals surface area contributed by atoms with Crippen molar-refractivity contribution in [3.05, 3.63) is 35.0 Å². The molecule has 0 aromatic heterocycles. The number of hydrogen-bond acceptors (Lipinski definition) is 2. The molecule has 1 N–H and O–H groups in total. The fraction of sp³-hybridized carbons (Fsp3) is 0.467. The summed E-state index contributed by atoms with van der Waals surface area (Å²) in [6.45, 7) is 11.8. The highest BCUT2D eigenvalue weighted by Crippen LogP contribution is 2.48. The van der Waals surface area contributed by atoms with E-state index in [2.05, 4.69) is 34.2 Å². The number of phenols is 1. The second kappa shape index (κ2) is 4.25. The maximum atomic E-state index is 9.99. The summed E-state index contributed by atoms with van der Waals surface area (Å²) in [4.78, 5) is 0. The van der Waals surface area contributed by atoms with Gasteiger partial charge in [0.2, 0.25) is 8.32 Å². The molecule has 98 valence electrons. The van der Waals surface area contributed by atoms with Crippen molar-refractivity contribution in [2.24, 2.45) is 0 Å². The molecule has 1 aromatic carbocycles. The Balaban J connectivity index is 2.52. The molecule has 0 amide bonds. The first-order chi connectivity index (χ1) is 8.27. The largest absolute Gasteiger partial charge is 0.507 e. The van der Waals surface area contributed by atoms with Crippen LogP contribution in [0.25, 0.3) is 5.57 Å². The molecule has 0 aliphatic carbocycles. The zero-order chi connectivity index (χ0) is 13.6. The number of rotatable bonds is 1. The van der Waals surface area contributed by atoms with Crippen molar-refractivity contribution < 1.29 is 9.53 Å². The van der Waals surface area contributed by atoms with Gasteiger partial charge in [0.15, 0.2) is 0 Å². The van der Waals surface area contributed by atoms with Crippen molar-refractivity contribution in [3.63, 3.8) is 0 Å². The lowest BCUT2D eigenvalue weighted by molar-refractivity contribution is 0.349. The summed E-state index contributed by atoms with van der Waals surface area (Å²) in [5.74, 6) is 0.350. The average molecular weight is 262 g/mol. The highest BCUT2D eigenvalue weighted by atomic mass is 28.4. The Morgan fingerprint density at radius 2 is 1.83 bits per heavy atom. The van der Waals surface area contributed by atoms with Gasteiger partial charge >= 0.3 is 0 Å². The van der Waals surface area contributed by atoms with Crippen molar-refractivity contribution in [2.45, 2.75) is 39.3 Å². The van der Waals surface area contributed by atoms with Gasteiger partial charge in [-0.2, -0.15) is 0 Å². The second-order valence-corrected chi connectivity index (χ2v) is 10.8. The van der Waals surface area contributed by atoms with Crippen molar-refractivity contribution >= 4 is 13.9 Å². The maximum absolute atomic E-state index is 9.99.